The van der Waals surface area contributed by atoms with Crippen molar-refractivity contribution in [3.8, 4) is 0 Å². The van der Waals surface area contributed by atoms with Gasteiger partial charge in [0.1, 0.15) is 5.82 Å². The van der Waals surface area contributed by atoms with Crippen molar-refractivity contribution in [3.05, 3.63) is 35.6 Å². The summed E-state index contributed by atoms with van der Waals surface area (Å²) in [5, 5.41) is 6.57. The number of nitrogens with one attached hydrogen (secondary N) is 2. The summed E-state index contributed by atoms with van der Waals surface area (Å²) in [5.41, 5.74) is 0.987. The standard InChI is InChI=1S/C14H20FN3/c1-2-16-14(18-13-6-7-13)17-9-8-11-4-3-5-12(15)10-11/h3-5,10,13H,2,6-9H2,1H3,(H2,16,17,18). The first-order chi connectivity index (χ1) is 8.78. The van der Waals surface area contributed by atoms with Gasteiger partial charge in [0, 0.05) is 19.1 Å². The average molecular weight is 249 g/mol. The van der Waals surface area contributed by atoms with E-state index in [4.69, 9.17) is 0 Å². The molecule has 3 nitrogen and oxygen atoms in total. The second-order valence-corrected chi connectivity index (χ2v) is 4.56. The fourth-order valence-electron chi connectivity index (χ4n) is 1.73. The molecule has 98 valence electrons. The van der Waals surface area contributed by atoms with Gasteiger partial charge in [0.25, 0.3) is 0 Å². The van der Waals surface area contributed by atoms with E-state index in [0.29, 0.717) is 12.6 Å². The zero-order chi connectivity index (χ0) is 12.8. The van der Waals surface area contributed by atoms with E-state index in [1.54, 1.807) is 12.1 Å². The first-order valence-electron chi connectivity index (χ1n) is 6.57. The molecule has 1 aromatic rings. The summed E-state index contributed by atoms with van der Waals surface area (Å²) in [7, 11) is 0. The molecule has 0 amide bonds. The van der Waals surface area contributed by atoms with Crippen molar-refractivity contribution >= 4 is 5.96 Å². The third-order valence-corrected chi connectivity index (χ3v) is 2.82. The summed E-state index contributed by atoms with van der Waals surface area (Å²) in [5.74, 6) is 0.691. The molecular formula is C14H20FN3. The normalized spacial score (nSPS) is 15.6. The summed E-state index contributed by atoms with van der Waals surface area (Å²) in [6.07, 6.45) is 3.22. The largest absolute Gasteiger partial charge is 0.357 e. The van der Waals surface area contributed by atoms with E-state index in [9.17, 15) is 4.39 Å². The Morgan fingerprint density at radius 1 is 1.44 bits per heavy atom. The molecule has 2 rings (SSSR count). The molecule has 2 N–H and O–H groups in total. The van der Waals surface area contributed by atoms with Crippen molar-refractivity contribution in [3.63, 3.8) is 0 Å². The zero-order valence-electron chi connectivity index (χ0n) is 10.7. The smallest absolute Gasteiger partial charge is 0.191 e. The van der Waals surface area contributed by atoms with Crippen molar-refractivity contribution in [1.29, 1.82) is 0 Å². The molecule has 0 aliphatic heterocycles. The first-order valence-corrected chi connectivity index (χ1v) is 6.57. The molecule has 0 bridgehead atoms. The highest BCUT2D eigenvalue weighted by atomic mass is 19.1. The van der Waals surface area contributed by atoms with E-state index >= 15 is 0 Å². The molecule has 0 spiro atoms. The third kappa shape index (κ3) is 4.35. The maximum atomic E-state index is 13.0. The van der Waals surface area contributed by atoms with Crippen LogP contribution in [0.15, 0.2) is 29.3 Å². The lowest BCUT2D eigenvalue weighted by molar-refractivity contribution is 0.625. The van der Waals surface area contributed by atoms with Crippen LogP contribution in [-0.4, -0.2) is 25.1 Å². The molecule has 0 radical (unpaired) electrons. The van der Waals surface area contributed by atoms with Crippen LogP contribution < -0.4 is 10.6 Å². The topological polar surface area (TPSA) is 36.4 Å². The van der Waals surface area contributed by atoms with Crippen molar-refractivity contribution < 1.29 is 4.39 Å². The molecule has 1 aromatic carbocycles. The maximum absolute atomic E-state index is 13.0. The molecule has 0 aromatic heterocycles. The number of aliphatic imine (C=N–C) groups is 1. The van der Waals surface area contributed by atoms with Gasteiger partial charge in [-0.05, 0) is 43.9 Å². The van der Waals surface area contributed by atoms with Gasteiger partial charge in [-0.2, -0.15) is 0 Å². The molecule has 4 heteroatoms. The summed E-state index contributed by atoms with van der Waals surface area (Å²) in [6.45, 7) is 3.58. The van der Waals surface area contributed by atoms with Gasteiger partial charge in [0.05, 0.1) is 0 Å². The highest BCUT2D eigenvalue weighted by molar-refractivity contribution is 5.80. The average Bonchev–Trinajstić information content (AvgIpc) is 3.13. The number of guanidine groups is 1. The highest BCUT2D eigenvalue weighted by Gasteiger charge is 2.21. The van der Waals surface area contributed by atoms with Crippen LogP contribution in [0.5, 0.6) is 0 Å². The second kappa shape index (κ2) is 6.38. The van der Waals surface area contributed by atoms with E-state index in [1.165, 1.54) is 18.9 Å². The summed E-state index contributed by atoms with van der Waals surface area (Å²) in [4.78, 5) is 4.49. The minimum atomic E-state index is -0.181. The van der Waals surface area contributed by atoms with Crippen molar-refractivity contribution in [2.45, 2.75) is 32.2 Å². The van der Waals surface area contributed by atoms with Crippen LogP contribution in [0.3, 0.4) is 0 Å². The number of halogens is 1. The minimum Gasteiger partial charge on any atom is -0.357 e. The van der Waals surface area contributed by atoms with E-state index < -0.39 is 0 Å². The summed E-state index contributed by atoms with van der Waals surface area (Å²) in [6, 6.07) is 7.29. The maximum Gasteiger partial charge on any atom is 0.191 e. The Bertz CT molecular complexity index is 413. The van der Waals surface area contributed by atoms with E-state index in [1.807, 2.05) is 6.07 Å². The zero-order valence-corrected chi connectivity index (χ0v) is 10.7. The Balaban J connectivity index is 1.83. The Hall–Kier alpha value is -1.58. The van der Waals surface area contributed by atoms with Crippen LogP contribution in [0, 0.1) is 5.82 Å². The second-order valence-electron chi connectivity index (χ2n) is 4.56. The van der Waals surface area contributed by atoms with Crippen LogP contribution in [0.4, 0.5) is 4.39 Å². The molecule has 1 saturated carbocycles. The van der Waals surface area contributed by atoms with Crippen LogP contribution in [-0.2, 0) is 6.42 Å². The molecule has 0 unspecified atom stereocenters. The van der Waals surface area contributed by atoms with Gasteiger partial charge in [-0.15, -0.1) is 0 Å². The van der Waals surface area contributed by atoms with Gasteiger partial charge in [-0.1, -0.05) is 12.1 Å². The highest BCUT2D eigenvalue weighted by Crippen LogP contribution is 2.18. The Labute approximate surface area is 108 Å². The number of hydrogen-bond donors (Lipinski definition) is 2. The predicted octanol–water partition coefficient (Wildman–Crippen LogP) is 2.09. The van der Waals surface area contributed by atoms with Gasteiger partial charge >= 0.3 is 0 Å². The molecule has 1 fully saturated rings. The molecular weight excluding hydrogens is 229 g/mol. The number of benzene rings is 1. The third-order valence-electron chi connectivity index (χ3n) is 2.82. The molecule has 1 aliphatic rings. The van der Waals surface area contributed by atoms with E-state index in [2.05, 4.69) is 22.5 Å². The Kier molecular flexibility index (Phi) is 4.56. The lowest BCUT2D eigenvalue weighted by Crippen LogP contribution is -2.38. The fourth-order valence-corrected chi connectivity index (χ4v) is 1.73. The van der Waals surface area contributed by atoms with Gasteiger partial charge < -0.3 is 10.6 Å². The van der Waals surface area contributed by atoms with E-state index in [0.717, 1.165) is 24.5 Å². The molecule has 0 saturated heterocycles. The van der Waals surface area contributed by atoms with Crippen LogP contribution in [0.1, 0.15) is 25.3 Å². The molecule has 18 heavy (non-hydrogen) atoms. The number of nitrogens with zero attached hydrogens (tertiary/aromatic N) is 1. The monoisotopic (exact) mass is 249 g/mol. The van der Waals surface area contributed by atoms with Gasteiger partial charge in [0.2, 0.25) is 0 Å². The van der Waals surface area contributed by atoms with Crippen LogP contribution in [0.25, 0.3) is 0 Å². The Morgan fingerprint density at radius 3 is 2.94 bits per heavy atom. The minimum absolute atomic E-state index is 0.181. The first kappa shape index (κ1) is 12.9. The van der Waals surface area contributed by atoms with Gasteiger partial charge in [0.15, 0.2) is 5.96 Å². The van der Waals surface area contributed by atoms with Crippen LogP contribution in [0.2, 0.25) is 0 Å². The van der Waals surface area contributed by atoms with Gasteiger partial charge in [-0.3, -0.25) is 4.99 Å². The summed E-state index contributed by atoms with van der Waals surface area (Å²) >= 11 is 0. The summed E-state index contributed by atoms with van der Waals surface area (Å²) < 4.78 is 13.0. The fraction of sp³-hybridized carbons (Fsp3) is 0.500. The van der Waals surface area contributed by atoms with Crippen molar-refractivity contribution in [2.75, 3.05) is 13.1 Å². The van der Waals surface area contributed by atoms with Gasteiger partial charge in [-0.25, -0.2) is 4.39 Å². The molecule has 0 heterocycles. The van der Waals surface area contributed by atoms with Crippen molar-refractivity contribution in [2.24, 2.45) is 4.99 Å². The molecule has 0 atom stereocenters. The molecule has 1 aliphatic carbocycles. The van der Waals surface area contributed by atoms with Crippen molar-refractivity contribution in [1.82, 2.24) is 10.6 Å². The Morgan fingerprint density at radius 2 is 2.28 bits per heavy atom. The predicted molar refractivity (Wildman–Crippen MR) is 72.2 cm³/mol. The SMILES string of the molecule is CCNC(=NCCc1cccc(F)c1)NC1CC1. The quantitative estimate of drug-likeness (QED) is 0.619. The lowest BCUT2D eigenvalue weighted by atomic mass is 10.1. The lowest BCUT2D eigenvalue weighted by Gasteiger charge is -2.10. The van der Waals surface area contributed by atoms with Crippen LogP contribution >= 0.6 is 0 Å². The number of hydrogen-bond acceptors (Lipinski definition) is 1. The van der Waals surface area contributed by atoms with E-state index in [-0.39, 0.29) is 5.82 Å². The number of rotatable bonds is 5.